The summed E-state index contributed by atoms with van der Waals surface area (Å²) >= 11 is 0. The van der Waals surface area contributed by atoms with Crippen LogP contribution in [-0.4, -0.2) is 55.8 Å². The molecule has 0 aromatic carbocycles. The van der Waals surface area contributed by atoms with Crippen LogP contribution in [0, 0.1) is 0 Å². The second kappa shape index (κ2) is 5.99. The monoisotopic (exact) mass is 278 g/mol. The highest BCUT2D eigenvalue weighted by molar-refractivity contribution is 7.86. The van der Waals surface area contributed by atoms with Gasteiger partial charge in [-0.3, -0.25) is 4.79 Å². The van der Waals surface area contributed by atoms with Gasteiger partial charge >= 0.3 is 5.97 Å². The van der Waals surface area contributed by atoms with Crippen molar-refractivity contribution < 1.29 is 17.9 Å². The number of ether oxygens (including phenoxy) is 1. The number of methoxy groups -OCH3 is 1. The number of rotatable bonds is 4. The van der Waals surface area contributed by atoms with Crippen LogP contribution in [0.3, 0.4) is 0 Å². The molecule has 1 rings (SSSR count). The average molecular weight is 278 g/mol. The molecule has 1 aliphatic rings. The van der Waals surface area contributed by atoms with Crippen LogP contribution < -0.4 is 0 Å². The largest absolute Gasteiger partial charge is 0.468 e. The van der Waals surface area contributed by atoms with Crippen LogP contribution in [0.4, 0.5) is 0 Å². The summed E-state index contributed by atoms with van der Waals surface area (Å²) in [6.45, 7) is 3.97. The van der Waals surface area contributed by atoms with Gasteiger partial charge in [0.2, 0.25) is 0 Å². The van der Waals surface area contributed by atoms with Crippen LogP contribution in [0.5, 0.6) is 0 Å². The number of carbonyl (C=O) groups excluding carboxylic acids is 1. The lowest BCUT2D eigenvalue weighted by atomic mass is 10.1. The molecule has 0 aromatic rings. The molecule has 1 heterocycles. The van der Waals surface area contributed by atoms with Gasteiger partial charge in [-0.25, -0.2) is 0 Å². The van der Waals surface area contributed by atoms with Crippen molar-refractivity contribution in [1.82, 2.24) is 8.61 Å². The van der Waals surface area contributed by atoms with Crippen LogP contribution in [-0.2, 0) is 19.7 Å². The molecule has 6 nitrogen and oxygen atoms in total. The molecule has 0 aliphatic carbocycles. The molecule has 0 amide bonds. The molecule has 1 fully saturated rings. The Morgan fingerprint density at radius 2 is 2.00 bits per heavy atom. The summed E-state index contributed by atoms with van der Waals surface area (Å²) in [7, 11) is -0.783. The molecule has 0 saturated carbocycles. The predicted octanol–water partition coefficient (Wildman–Crippen LogP) is 0.599. The summed E-state index contributed by atoms with van der Waals surface area (Å²) < 4.78 is 32.0. The van der Waals surface area contributed by atoms with Gasteiger partial charge < -0.3 is 4.74 Å². The van der Waals surface area contributed by atoms with Gasteiger partial charge in [-0.15, -0.1) is 0 Å². The van der Waals surface area contributed by atoms with E-state index in [9.17, 15) is 13.2 Å². The van der Waals surface area contributed by atoms with Gasteiger partial charge in [0.1, 0.15) is 6.04 Å². The smallest absolute Gasteiger partial charge is 0.324 e. The van der Waals surface area contributed by atoms with Crippen molar-refractivity contribution >= 4 is 16.2 Å². The third kappa shape index (κ3) is 3.02. The van der Waals surface area contributed by atoms with E-state index in [0.29, 0.717) is 13.0 Å². The van der Waals surface area contributed by atoms with E-state index in [-0.39, 0.29) is 6.04 Å². The molecule has 0 spiro atoms. The summed E-state index contributed by atoms with van der Waals surface area (Å²) in [6, 6.07) is -0.829. The van der Waals surface area contributed by atoms with Crippen LogP contribution in [0.25, 0.3) is 0 Å². The van der Waals surface area contributed by atoms with Crippen molar-refractivity contribution in [2.75, 3.05) is 20.7 Å². The molecule has 0 aromatic heterocycles. The van der Waals surface area contributed by atoms with E-state index < -0.39 is 22.2 Å². The van der Waals surface area contributed by atoms with Crippen molar-refractivity contribution in [2.24, 2.45) is 0 Å². The third-order valence-corrected chi connectivity index (χ3v) is 5.49. The second-order valence-corrected chi connectivity index (χ2v) is 6.70. The molecule has 1 atom stereocenters. The van der Waals surface area contributed by atoms with Crippen LogP contribution in [0.2, 0.25) is 0 Å². The van der Waals surface area contributed by atoms with Crippen molar-refractivity contribution in [3.8, 4) is 0 Å². The van der Waals surface area contributed by atoms with Crippen molar-refractivity contribution in [1.29, 1.82) is 0 Å². The molecule has 1 saturated heterocycles. The molecule has 0 radical (unpaired) electrons. The summed E-state index contributed by atoms with van der Waals surface area (Å²) in [6.07, 6.45) is 2.15. The van der Waals surface area contributed by atoms with Crippen LogP contribution >= 0.6 is 0 Å². The third-order valence-electron chi connectivity index (χ3n) is 3.31. The Morgan fingerprint density at radius 1 is 1.39 bits per heavy atom. The highest BCUT2D eigenvalue weighted by atomic mass is 32.2. The van der Waals surface area contributed by atoms with Crippen LogP contribution in [0.15, 0.2) is 0 Å². The van der Waals surface area contributed by atoms with Crippen molar-refractivity contribution in [3.05, 3.63) is 0 Å². The van der Waals surface area contributed by atoms with E-state index in [1.54, 1.807) is 13.8 Å². The number of hydrogen-bond acceptors (Lipinski definition) is 4. The van der Waals surface area contributed by atoms with Crippen LogP contribution in [0.1, 0.15) is 33.1 Å². The first-order valence-electron chi connectivity index (χ1n) is 6.15. The predicted molar refractivity (Wildman–Crippen MR) is 68.2 cm³/mol. The highest BCUT2D eigenvalue weighted by Gasteiger charge is 2.39. The standard InChI is InChI=1S/C11H22N2O4S/c1-9(2)12(3)18(15,16)13-8-6-5-7-10(13)11(14)17-4/h9-10H,5-8H2,1-4H3. The summed E-state index contributed by atoms with van der Waals surface area (Å²) in [5.74, 6) is -0.476. The Balaban J connectivity index is 3.00. The maximum Gasteiger partial charge on any atom is 0.324 e. The number of esters is 1. The quantitative estimate of drug-likeness (QED) is 0.706. The SMILES string of the molecule is COC(=O)C1CCCCN1S(=O)(=O)N(C)C(C)C. The molecular weight excluding hydrogens is 256 g/mol. The topological polar surface area (TPSA) is 66.9 Å². The normalized spacial score (nSPS) is 22.4. The maximum atomic E-state index is 12.4. The Hall–Kier alpha value is -0.660. The van der Waals surface area contributed by atoms with E-state index >= 15 is 0 Å². The van der Waals surface area contributed by atoms with E-state index in [4.69, 9.17) is 4.74 Å². The van der Waals surface area contributed by atoms with E-state index in [1.807, 2.05) is 0 Å². The molecule has 0 bridgehead atoms. The lowest BCUT2D eigenvalue weighted by Gasteiger charge is -2.36. The summed E-state index contributed by atoms with van der Waals surface area (Å²) in [4.78, 5) is 11.7. The summed E-state index contributed by atoms with van der Waals surface area (Å²) in [5, 5.41) is 0. The van der Waals surface area contributed by atoms with Crippen molar-refractivity contribution in [3.63, 3.8) is 0 Å². The Bertz CT molecular complexity index is 394. The average Bonchev–Trinajstić information content (AvgIpc) is 2.36. The fourth-order valence-electron chi connectivity index (χ4n) is 1.98. The van der Waals surface area contributed by atoms with E-state index in [1.165, 1.54) is 22.8 Å². The first kappa shape index (κ1) is 15.4. The molecule has 7 heteroatoms. The fraction of sp³-hybridized carbons (Fsp3) is 0.909. The first-order chi connectivity index (χ1) is 8.32. The van der Waals surface area contributed by atoms with Gasteiger partial charge in [0.15, 0.2) is 0 Å². The number of hydrogen-bond donors (Lipinski definition) is 0. The van der Waals surface area contributed by atoms with Gasteiger partial charge in [-0.05, 0) is 33.1 Å². The summed E-state index contributed by atoms with van der Waals surface area (Å²) in [5.41, 5.74) is 0. The molecule has 1 aliphatic heterocycles. The molecule has 18 heavy (non-hydrogen) atoms. The zero-order chi connectivity index (χ0) is 13.9. The maximum absolute atomic E-state index is 12.4. The molecule has 0 N–H and O–H groups in total. The van der Waals surface area contributed by atoms with Gasteiger partial charge in [0.05, 0.1) is 7.11 Å². The lowest BCUT2D eigenvalue weighted by molar-refractivity contribution is -0.146. The van der Waals surface area contributed by atoms with Gasteiger partial charge in [0, 0.05) is 19.6 Å². The molecule has 1 unspecified atom stereocenters. The number of carbonyl (C=O) groups is 1. The first-order valence-corrected chi connectivity index (χ1v) is 7.54. The zero-order valence-corrected chi connectivity index (χ0v) is 12.2. The minimum Gasteiger partial charge on any atom is -0.468 e. The lowest BCUT2D eigenvalue weighted by Crippen LogP contribution is -2.54. The number of piperidine rings is 1. The Labute approximate surface area is 109 Å². The zero-order valence-electron chi connectivity index (χ0n) is 11.4. The van der Waals surface area contributed by atoms with Gasteiger partial charge in [-0.2, -0.15) is 17.0 Å². The number of nitrogens with zero attached hydrogens (tertiary/aromatic N) is 2. The van der Waals surface area contributed by atoms with Gasteiger partial charge in [-0.1, -0.05) is 0 Å². The fourth-order valence-corrected chi connectivity index (χ4v) is 3.72. The Kier molecular flexibility index (Phi) is 5.12. The molecule has 106 valence electrons. The molecular formula is C11H22N2O4S. The van der Waals surface area contributed by atoms with E-state index in [0.717, 1.165) is 12.8 Å². The van der Waals surface area contributed by atoms with Crippen molar-refractivity contribution in [2.45, 2.75) is 45.2 Å². The highest BCUT2D eigenvalue weighted by Crippen LogP contribution is 2.23. The minimum atomic E-state index is -3.60. The minimum absolute atomic E-state index is 0.143. The second-order valence-electron chi connectivity index (χ2n) is 4.76. The van der Waals surface area contributed by atoms with Gasteiger partial charge in [0.25, 0.3) is 10.2 Å². The Morgan fingerprint density at radius 3 is 2.50 bits per heavy atom. The van der Waals surface area contributed by atoms with E-state index in [2.05, 4.69) is 0 Å².